The molecule has 0 aliphatic heterocycles. The van der Waals surface area contributed by atoms with Gasteiger partial charge >= 0.3 is 0 Å². The third kappa shape index (κ3) is 4.60. The van der Waals surface area contributed by atoms with Crippen LogP contribution in [0.15, 0.2) is 35.7 Å². The Bertz CT molecular complexity index is 672. The van der Waals surface area contributed by atoms with Crippen molar-refractivity contribution in [1.82, 2.24) is 5.32 Å². The Balaban J connectivity index is 1.54. The van der Waals surface area contributed by atoms with E-state index in [1.54, 1.807) is 0 Å². The molecule has 0 radical (unpaired) electrons. The van der Waals surface area contributed by atoms with Crippen LogP contribution in [-0.4, -0.2) is 11.9 Å². The molecule has 128 valence electrons. The molecule has 0 spiro atoms. The van der Waals surface area contributed by atoms with Gasteiger partial charge in [0.1, 0.15) is 12.4 Å². The van der Waals surface area contributed by atoms with Gasteiger partial charge in [0.25, 0.3) is 5.91 Å². The highest BCUT2D eigenvalue weighted by Gasteiger charge is 2.17. The van der Waals surface area contributed by atoms with E-state index in [1.807, 2.05) is 42.6 Å². The molecular formula is C20H25NO2S. The van der Waals surface area contributed by atoms with Crippen molar-refractivity contribution in [1.29, 1.82) is 0 Å². The first kappa shape index (κ1) is 17.0. The highest BCUT2D eigenvalue weighted by molar-refractivity contribution is 7.12. The van der Waals surface area contributed by atoms with Crippen molar-refractivity contribution in [3.63, 3.8) is 0 Å². The van der Waals surface area contributed by atoms with Crippen LogP contribution in [0.3, 0.4) is 0 Å². The predicted octanol–water partition coefficient (Wildman–Crippen LogP) is 5.09. The average molecular weight is 343 g/mol. The van der Waals surface area contributed by atoms with E-state index < -0.39 is 0 Å². The minimum Gasteiger partial charge on any atom is -0.489 e. The molecule has 0 bridgehead atoms. The van der Waals surface area contributed by atoms with E-state index in [1.165, 1.54) is 37.0 Å². The van der Waals surface area contributed by atoms with Gasteiger partial charge in [-0.15, -0.1) is 11.3 Å². The second-order valence-electron chi connectivity index (χ2n) is 6.54. The number of hydrogen-bond acceptors (Lipinski definition) is 3. The van der Waals surface area contributed by atoms with E-state index in [-0.39, 0.29) is 5.91 Å². The Hall–Kier alpha value is -1.81. The first-order chi connectivity index (χ1) is 11.7. The zero-order valence-corrected chi connectivity index (χ0v) is 15.0. The fourth-order valence-corrected chi connectivity index (χ4v) is 3.93. The van der Waals surface area contributed by atoms with E-state index in [0.29, 0.717) is 12.6 Å². The summed E-state index contributed by atoms with van der Waals surface area (Å²) in [5, 5.41) is 5.22. The second-order valence-corrected chi connectivity index (χ2v) is 7.45. The zero-order valence-electron chi connectivity index (χ0n) is 14.2. The molecule has 1 heterocycles. The molecule has 0 atom stereocenters. The topological polar surface area (TPSA) is 38.3 Å². The molecule has 3 nitrogen and oxygen atoms in total. The Morgan fingerprint density at radius 3 is 2.71 bits per heavy atom. The van der Waals surface area contributed by atoms with Gasteiger partial charge in [-0.3, -0.25) is 4.79 Å². The molecule has 0 saturated heterocycles. The summed E-state index contributed by atoms with van der Waals surface area (Å²) >= 11 is 1.50. The van der Waals surface area contributed by atoms with Gasteiger partial charge < -0.3 is 10.1 Å². The third-order valence-electron chi connectivity index (χ3n) is 4.56. The van der Waals surface area contributed by atoms with Crippen LogP contribution < -0.4 is 10.1 Å². The van der Waals surface area contributed by atoms with Crippen molar-refractivity contribution >= 4 is 17.2 Å². The summed E-state index contributed by atoms with van der Waals surface area (Å²) in [4.78, 5) is 13.2. The zero-order chi connectivity index (χ0) is 16.8. The maximum absolute atomic E-state index is 12.4. The lowest BCUT2D eigenvalue weighted by Crippen LogP contribution is -2.33. The quantitative estimate of drug-likeness (QED) is 0.768. The summed E-state index contributed by atoms with van der Waals surface area (Å²) in [5.41, 5.74) is 2.17. The molecule has 2 aromatic rings. The second kappa shape index (κ2) is 8.34. The molecule has 4 heteroatoms. The molecule has 0 unspecified atom stereocenters. The van der Waals surface area contributed by atoms with Crippen molar-refractivity contribution in [2.24, 2.45) is 0 Å². The Morgan fingerprint density at radius 1 is 1.21 bits per heavy atom. The van der Waals surface area contributed by atoms with Crippen LogP contribution in [0, 0.1) is 6.92 Å². The maximum Gasteiger partial charge on any atom is 0.261 e. The summed E-state index contributed by atoms with van der Waals surface area (Å²) in [7, 11) is 0. The van der Waals surface area contributed by atoms with Crippen molar-refractivity contribution in [2.75, 3.05) is 0 Å². The van der Waals surface area contributed by atoms with Crippen LogP contribution in [-0.2, 0) is 6.61 Å². The fraction of sp³-hybridized carbons (Fsp3) is 0.450. The van der Waals surface area contributed by atoms with Gasteiger partial charge in [-0.05, 0) is 42.8 Å². The lowest BCUT2D eigenvalue weighted by atomic mass is 10.1. The molecule has 1 aromatic heterocycles. The maximum atomic E-state index is 12.4. The van der Waals surface area contributed by atoms with Gasteiger partial charge in [0, 0.05) is 11.6 Å². The Morgan fingerprint density at radius 2 is 1.96 bits per heavy atom. The number of amides is 1. The summed E-state index contributed by atoms with van der Waals surface area (Å²) < 4.78 is 5.86. The summed E-state index contributed by atoms with van der Waals surface area (Å²) in [6.07, 6.45) is 7.27. The van der Waals surface area contributed by atoms with E-state index in [9.17, 15) is 4.79 Å². The Kier molecular flexibility index (Phi) is 5.91. The van der Waals surface area contributed by atoms with Gasteiger partial charge in [0.2, 0.25) is 0 Å². The molecule has 1 N–H and O–H groups in total. The molecule has 1 aliphatic rings. The Labute approximate surface area is 148 Å². The number of hydrogen-bond donors (Lipinski definition) is 1. The van der Waals surface area contributed by atoms with Crippen LogP contribution in [0.2, 0.25) is 0 Å². The largest absolute Gasteiger partial charge is 0.489 e. The minimum absolute atomic E-state index is 0.0639. The molecule has 1 saturated carbocycles. The monoisotopic (exact) mass is 343 g/mol. The summed E-state index contributed by atoms with van der Waals surface area (Å²) in [5.74, 6) is 0.960. The van der Waals surface area contributed by atoms with Gasteiger partial charge in [-0.1, -0.05) is 43.9 Å². The number of rotatable bonds is 5. The molecular weight excluding hydrogens is 318 g/mol. The normalized spacial score (nSPS) is 15.7. The molecule has 1 fully saturated rings. The van der Waals surface area contributed by atoms with Gasteiger partial charge in [-0.2, -0.15) is 0 Å². The number of aryl methyl sites for hydroxylation is 1. The first-order valence-electron chi connectivity index (χ1n) is 8.79. The van der Waals surface area contributed by atoms with Gasteiger partial charge in [0.05, 0.1) is 4.88 Å². The van der Waals surface area contributed by atoms with Crippen LogP contribution in [0.25, 0.3) is 0 Å². The van der Waals surface area contributed by atoms with Crippen molar-refractivity contribution < 1.29 is 9.53 Å². The van der Waals surface area contributed by atoms with Crippen molar-refractivity contribution in [2.45, 2.75) is 58.1 Å². The number of nitrogens with one attached hydrogen (secondary N) is 1. The summed E-state index contributed by atoms with van der Waals surface area (Å²) in [6.45, 7) is 2.53. The highest BCUT2D eigenvalue weighted by atomic mass is 32.1. The molecule has 3 rings (SSSR count). The number of thiophene rings is 1. The SMILES string of the molecule is Cc1ccccc1OCc1csc(C(=O)NC2CCCCCC2)c1. The average Bonchev–Trinajstić information content (AvgIpc) is 2.92. The highest BCUT2D eigenvalue weighted by Crippen LogP contribution is 2.22. The number of para-hydroxylation sites is 1. The van der Waals surface area contributed by atoms with Crippen LogP contribution in [0.5, 0.6) is 5.75 Å². The van der Waals surface area contributed by atoms with Gasteiger partial charge in [0.15, 0.2) is 0 Å². The smallest absolute Gasteiger partial charge is 0.261 e. The number of carbonyl (C=O) groups excluding carboxylic acids is 1. The van der Waals surface area contributed by atoms with Crippen LogP contribution in [0.4, 0.5) is 0 Å². The lowest BCUT2D eigenvalue weighted by molar-refractivity contribution is 0.0937. The van der Waals surface area contributed by atoms with Crippen LogP contribution >= 0.6 is 11.3 Å². The molecule has 24 heavy (non-hydrogen) atoms. The van der Waals surface area contributed by atoms with E-state index in [0.717, 1.165) is 34.6 Å². The number of carbonyl (C=O) groups is 1. The standard InChI is InChI=1S/C20H25NO2S/c1-15-8-6-7-11-18(15)23-13-16-12-19(24-14-16)20(22)21-17-9-4-2-3-5-10-17/h6-8,11-12,14,17H,2-5,9-10,13H2,1H3,(H,21,22). The minimum atomic E-state index is 0.0639. The van der Waals surface area contributed by atoms with Crippen molar-refractivity contribution in [3.05, 3.63) is 51.7 Å². The predicted molar refractivity (Wildman–Crippen MR) is 98.8 cm³/mol. The molecule has 1 amide bonds. The van der Waals surface area contributed by atoms with Crippen LogP contribution in [0.1, 0.15) is 59.3 Å². The van der Waals surface area contributed by atoms with E-state index in [2.05, 4.69) is 5.32 Å². The van der Waals surface area contributed by atoms with E-state index >= 15 is 0 Å². The van der Waals surface area contributed by atoms with Crippen molar-refractivity contribution in [3.8, 4) is 5.75 Å². The summed E-state index contributed by atoms with van der Waals surface area (Å²) in [6, 6.07) is 10.3. The van der Waals surface area contributed by atoms with Gasteiger partial charge in [-0.25, -0.2) is 0 Å². The number of benzene rings is 1. The lowest BCUT2D eigenvalue weighted by Gasteiger charge is -2.15. The molecule has 1 aromatic carbocycles. The molecule has 1 aliphatic carbocycles. The number of ether oxygens (including phenoxy) is 1. The van der Waals surface area contributed by atoms with E-state index in [4.69, 9.17) is 4.74 Å². The fourth-order valence-electron chi connectivity index (χ4n) is 3.13. The third-order valence-corrected chi connectivity index (χ3v) is 5.53. The first-order valence-corrected chi connectivity index (χ1v) is 9.67.